The van der Waals surface area contributed by atoms with Crippen LogP contribution in [0.5, 0.6) is 0 Å². The summed E-state index contributed by atoms with van der Waals surface area (Å²) in [6, 6.07) is 8.26. The minimum atomic E-state index is 0.763. The van der Waals surface area contributed by atoms with E-state index < -0.39 is 0 Å². The molecule has 0 fully saturated rings. The second-order valence-electron chi connectivity index (χ2n) is 3.29. The van der Waals surface area contributed by atoms with E-state index in [1.54, 1.807) is 11.8 Å². The van der Waals surface area contributed by atoms with E-state index >= 15 is 0 Å². The third-order valence-corrected chi connectivity index (χ3v) is 3.19. The monoisotopic (exact) mass is 232 g/mol. The molecule has 0 aliphatic rings. The lowest BCUT2D eigenvalue weighted by Crippen LogP contribution is -2.23. The molecule has 84 valence electrons. The fourth-order valence-corrected chi connectivity index (χ4v) is 2.19. The van der Waals surface area contributed by atoms with Crippen molar-refractivity contribution in [2.24, 2.45) is 0 Å². The molecule has 0 saturated carbocycles. The molecule has 0 spiro atoms. The zero-order chi connectivity index (χ0) is 12.0. The van der Waals surface area contributed by atoms with Crippen molar-refractivity contribution in [2.45, 2.75) is 11.8 Å². The number of nitrogens with zero attached hydrogens (tertiary/aromatic N) is 2. The molecule has 0 N–H and O–H groups in total. The number of hydrogen-bond donors (Lipinski definition) is 0. The van der Waals surface area contributed by atoms with E-state index in [-0.39, 0.29) is 0 Å². The first-order chi connectivity index (χ1) is 7.78. The van der Waals surface area contributed by atoms with Crippen LogP contribution in [0, 0.1) is 11.3 Å². The molecule has 0 unspecified atom stereocenters. The summed E-state index contributed by atoms with van der Waals surface area (Å²) in [6.07, 6.45) is 3.85. The maximum absolute atomic E-state index is 9.23. The largest absolute Gasteiger partial charge is 0.367 e. The highest BCUT2D eigenvalue weighted by molar-refractivity contribution is 7.98. The van der Waals surface area contributed by atoms with E-state index in [1.807, 2.05) is 30.5 Å². The summed E-state index contributed by atoms with van der Waals surface area (Å²) in [5.41, 5.74) is 1.76. The molecule has 1 rings (SSSR count). The SMILES string of the molecule is C=CCN(CC)c1cccc(SC)c1C#N. The highest BCUT2D eigenvalue weighted by atomic mass is 32.2. The minimum absolute atomic E-state index is 0.763. The van der Waals surface area contributed by atoms with Crippen LogP contribution in [0.2, 0.25) is 0 Å². The number of anilines is 1. The van der Waals surface area contributed by atoms with Crippen molar-refractivity contribution in [2.75, 3.05) is 24.2 Å². The predicted molar refractivity (Wildman–Crippen MR) is 71.0 cm³/mol. The summed E-state index contributed by atoms with van der Waals surface area (Å²) in [5, 5.41) is 9.23. The summed E-state index contributed by atoms with van der Waals surface area (Å²) in [6.45, 7) is 7.46. The van der Waals surface area contributed by atoms with Crippen LogP contribution in [0.4, 0.5) is 5.69 Å². The third kappa shape index (κ3) is 2.59. The lowest BCUT2D eigenvalue weighted by molar-refractivity contribution is 0.902. The van der Waals surface area contributed by atoms with Gasteiger partial charge < -0.3 is 4.90 Å². The van der Waals surface area contributed by atoms with Crippen molar-refractivity contribution >= 4 is 17.4 Å². The van der Waals surface area contributed by atoms with Crippen molar-refractivity contribution in [3.05, 3.63) is 36.4 Å². The molecular weight excluding hydrogens is 216 g/mol. The number of thioether (sulfide) groups is 1. The van der Waals surface area contributed by atoms with Crippen LogP contribution in [0.3, 0.4) is 0 Å². The Balaban J connectivity index is 3.21. The molecule has 0 saturated heterocycles. The van der Waals surface area contributed by atoms with Crippen LogP contribution in [0.15, 0.2) is 35.7 Å². The molecule has 0 aliphatic heterocycles. The molecule has 0 atom stereocenters. The van der Waals surface area contributed by atoms with Crippen molar-refractivity contribution in [3.8, 4) is 6.07 Å². The molecule has 0 aliphatic carbocycles. The van der Waals surface area contributed by atoms with Gasteiger partial charge >= 0.3 is 0 Å². The first kappa shape index (κ1) is 12.7. The molecule has 3 heteroatoms. The number of benzene rings is 1. The standard InChI is InChI=1S/C13H16N2S/c1-4-9-15(5-2)12-7-6-8-13(16-3)11(12)10-14/h4,6-8H,1,5,9H2,2-3H3. The van der Waals surface area contributed by atoms with Crippen LogP contribution in [-0.2, 0) is 0 Å². The van der Waals surface area contributed by atoms with Crippen molar-refractivity contribution in [1.82, 2.24) is 0 Å². The lowest BCUT2D eigenvalue weighted by atomic mass is 10.1. The van der Waals surface area contributed by atoms with Crippen molar-refractivity contribution in [3.63, 3.8) is 0 Å². The van der Waals surface area contributed by atoms with Gasteiger partial charge in [-0.25, -0.2) is 0 Å². The lowest BCUT2D eigenvalue weighted by Gasteiger charge is -2.23. The Labute approximate surface area is 102 Å². The van der Waals surface area contributed by atoms with Crippen LogP contribution >= 0.6 is 11.8 Å². The molecule has 16 heavy (non-hydrogen) atoms. The fraction of sp³-hybridized carbons (Fsp3) is 0.308. The normalized spacial score (nSPS) is 9.56. The Kier molecular flexibility index (Phi) is 4.94. The van der Waals surface area contributed by atoms with Crippen LogP contribution in [0.1, 0.15) is 12.5 Å². The van der Waals surface area contributed by atoms with Gasteiger partial charge in [0.05, 0.1) is 11.3 Å². The van der Waals surface area contributed by atoms with E-state index in [4.69, 9.17) is 0 Å². The molecule has 0 amide bonds. The summed E-state index contributed by atoms with van der Waals surface area (Å²) >= 11 is 1.61. The molecule has 0 bridgehead atoms. The summed E-state index contributed by atoms with van der Waals surface area (Å²) in [5.74, 6) is 0. The summed E-state index contributed by atoms with van der Waals surface area (Å²) in [7, 11) is 0. The topological polar surface area (TPSA) is 27.0 Å². The molecule has 1 aromatic carbocycles. The Morgan fingerprint density at radius 2 is 2.31 bits per heavy atom. The average molecular weight is 232 g/mol. The average Bonchev–Trinajstić information content (AvgIpc) is 2.34. The van der Waals surface area contributed by atoms with E-state index in [1.165, 1.54) is 0 Å². The van der Waals surface area contributed by atoms with Gasteiger partial charge in [0.25, 0.3) is 0 Å². The maximum Gasteiger partial charge on any atom is 0.103 e. The molecule has 0 heterocycles. The molecule has 0 radical (unpaired) electrons. The van der Waals surface area contributed by atoms with Gasteiger partial charge in [-0.2, -0.15) is 5.26 Å². The van der Waals surface area contributed by atoms with Gasteiger partial charge in [-0.15, -0.1) is 18.3 Å². The van der Waals surface area contributed by atoms with Gasteiger partial charge in [0.15, 0.2) is 0 Å². The van der Waals surface area contributed by atoms with Crippen LogP contribution < -0.4 is 4.90 Å². The third-order valence-electron chi connectivity index (χ3n) is 2.41. The second-order valence-corrected chi connectivity index (χ2v) is 4.14. The van der Waals surface area contributed by atoms with Gasteiger partial charge in [0.2, 0.25) is 0 Å². The smallest absolute Gasteiger partial charge is 0.103 e. The minimum Gasteiger partial charge on any atom is -0.367 e. The number of hydrogen-bond acceptors (Lipinski definition) is 3. The molecule has 0 aromatic heterocycles. The van der Waals surface area contributed by atoms with Gasteiger partial charge in [-0.1, -0.05) is 12.1 Å². The molecule has 2 nitrogen and oxygen atoms in total. The predicted octanol–water partition coefficient (Wildman–Crippen LogP) is 3.29. The van der Waals surface area contributed by atoms with Crippen LogP contribution in [-0.4, -0.2) is 19.3 Å². The van der Waals surface area contributed by atoms with Gasteiger partial charge in [0.1, 0.15) is 6.07 Å². The van der Waals surface area contributed by atoms with Crippen molar-refractivity contribution < 1.29 is 0 Å². The summed E-state index contributed by atoms with van der Waals surface area (Å²) in [4.78, 5) is 3.17. The Morgan fingerprint density at radius 3 is 2.81 bits per heavy atom. The number of likely N-dealkylation sites (N-methyl/N-ethyl adjacent to an activating group) is 1. The highest BCUT2D eigenvalue weighted by Crippen LogP contribution is 2.28. The first-order valence-electron chi connectivity index (χ1n) is 5.21. The van der Waals surface area contributed by atoms with E-state index in [2.05, 4.69) is 24.5 Å². The molecular formula is C13H16N2S. The number of nitriles is 1. The first-order valence-corrected chi connectivity index (χ1v) is 6.43. The Hall–Kier alpha value is -1.40. The fourth-order valence-electron chi connectivity index (χ4n) is 1.62. The highest BCUT2D eigenvalue weighted by Gasteiger charge is 2.11. The Bertz CT molecular complexity index is 407. The van der Waals surface area contributed by atoms with Gasteiger partial charge in [0, 0.05) is 18.0 Å². The van der Waals surface area contributed by atoms with E-state index in [0.717, 1.165) is 29.2 Å². The number of rotatable bonds is 5. The van der Waals surface area contributed by atoms with Crippen LogP contribution in [0.25, 0.3) is 0 Å². The quantitative estimate of drug-likeness (QED) is 0.576. The summed E-state index contributed by atoms with van der Waals surface area (Å²) < 4.78 is 0. The van der Waals surface area contributed by atoms with Gasteiger partial charge in [-0.05, 0) is 25.3 Å². The maximum atomic E-state index is 9.23. The zero-order valence-electron chi connectivity index (χ0n) is 9.73. The van der Waals surface area contributed by atoms with E-state index in [0.29, 0.717) is 0 Å². The second kappa shape index (κ2) is 6.24. The van der Waals surface area contributed by atoms with Gasteiger partial charge in [-0.3, -0.25) is 0 Å². The zero-order valence-corrected chi connectivity index (χ0v) is 10.5. The van der Waals surface area contributed by atoms with Crippen molar-refractivity contribution in [1.29, 1.82) is 5.26 Å². The molecule has 1 aromatic rings. The Morgan fingerprint density at radius 1 is 1.56 bits per heavy atom. The van der Waals surface area contributed by atoms with E-state index in [9.17, 15) is 5.26 Å².